The van der Waals surface area contributed by atoms with Gasteiger partial charge in [0.25, 0.3) is 5.91 Å². The van der Waals surface area contributed by atoms with Crippen molar-refractivity contribution >= 4 is 22.8 Å². The number of nitrogens with one attached hydrogen (secondary N) is 1. The summed E-state index contributed by atoms with van der Waals surface area (Å²) >= 11 is 0. The number of benzene rings is 1. The van der Waals surface area contributed by atoms with E-state index >= 15 is 0 Å². The molecule has 0 saturated heterocycles. The molecular formula is C15H10N4O. The third-order valence-corrected chi connectivity index (χ3v) is 3.48. The quantitative estimate of drug-likeness (QED) is 0.817. The summed E-state index contributed by atoms with van der Waals surface area (Å²) in [5.41, 5.74) is 3.47. The number of carbonyl (C=O) groups is 1. The van der Waals surface area contributed by atoms with Gasteiger partial charge in [0, 0.05) is 17.0 Å². The van der Waals surface area contributed by atoms with Crippen LogP contribution in [0.4, 0.5) is 0 Å². The number of nitrogens with zero attached hydrogens (tertiary/aromatic N) is 3. The molecule has 1 amide bonds. The van der Waals surface area contributed by atoms with E-state index in [0.29, 0.717) is 17.0 Å². The predicted octanol–water partition coefficient (Wildman–Crippen LogP) is 0.606. The number of aromatic nitrogens is 2. The first kappa shape index (κ1) is 11.0. The van der Waals surface area contributed by atoms with Gasteiger partial charge < -0.3 is 4.98 Å². The first-order valence-electron chi connectivity index (χ1n) is 6.27. The Hall–Kier alpha value is -2.82. The van der Waals surface area contributed by atoms with Crippen molar-refractivity contribution in [2.75, 3.05) is 0 Å². The third kappa shape index (κ3) is 1.37. The fraction of sp³-hybridized carbons (Fsp3) is 0.0667. The molecule has 0 saturated carbocycles. The number of imidazole rings is 1. The first-order valence-corrected chi connectivity index (χ1v) is 6.27. The SMILES string of the molecule is CC1=NC(=O)C2=c3ccccc3=NC2=C1c1c[nH]cn1. The Labute approximate surface area is 114 Å². The Bertz CT molecular complexity index is 917. The van der Waals surface area contributed by atoms with Crippen LogP contribution in [0.3, 0.4) is 0 Å². The van der Waals surface area contributed by atoms with Crippen LogP contribution >= 0.6 is 0 Å². The molecule has 1 aromatic carbocycles. The molecule has 2 aromatic rings. The van der Waals surface area contributed by atoms with Crippen LogP contribution in [-0.2, 0) is 4.79 Å². The van der Waals surface area contributed by atoms with Crippen molar-refractivity contribution in [3.63, 3.8) is 0 Å². The van der Waals surface area contributed by atoms with E-state index in [1.807, 2.05) is 31.2 Å². The van der Waals surface area contributed by atoms with Gasteiger partial charge in [0.15, 0.2) is 0 Å². The van der Waals surface area contributed by atoms with Crippen molar-refractivity contribution in [1.82, 2.24) is 9.97 Å². The van der Waals surface area contributed by atoms with Gasteiger partial charge in [-0.25, -0.2) is 15.0 Å². The predicted molar refractivity (Wildman–Crippen MR) is 74.3 cm³/mol. The highest BCUT2D eigenvalue weighted by molar-refractivity contribution is 6.38. The molecule has 96 valence electrons. The molecule has 0 radical (unpaired) electrons. The Morgan fingerprint density at radius 1 is 1.10 bits per heavy atom. The molecular weight excluding hydrogens is 252 g/mol. The summed E-state index contributed by atoms with van der Waals surface area (Å²) in [6.07, 6.45) is 3.39. The maximum absolute atomic E-state index is 12.2. The van der Waals surface area contributed by atoms with Crippen LogP contribution < -0.4 is 10.6 Å². The summed E-state index contributed by atoms with van der Waals surface area (Å²) < 4.78 is 0. The number of carbonyl (C=O) groups excluding carboxylic acids is 1. The second-order valence-electron chi connectivity index (χ2n) is 4.68. The van der Waals surface area contributed by atoms with Gasteiger partial charge in [-0.1, -0.05) is 18.2 Å². The van der Waals surface area contributed by atoms with Crippen LogP contribution in [0.1, 0.15) is 12.6 Å². The second-order valence-corrected chi connectivity index (χ2v) is 4.68. The molecule has 0 aliphatic carbocycles. The van der Waals surface area contributed by atoms with Gasteiger partial charge >= 0.3 is 0 Å². The van der Waals surface area contributed by atoms with E-state index < -0.39 is 0 Å². The molecule has 0 unspecified atom stereocenters. The highest BCUT2D eigenvalue weighted by atomic mass is 16.1. The number of dihydropyridines is 1. The summed E-state index contributed by atoms with van der Waals surface area (Å²) in [5, 5.41) is 1.65. The van der Waals surface area contributed by atoms with Gasteiger partial charge in [-0.3, -0.25) is 4.79 Å². The van der Waals surface area contributed by atoms with Crippen LogP contribution in [0.25, 0.3) is 11.1 Å². The lowest BCUT2D eigenvalue weighted by molar-refractivity contribution is -0.112. The molecule has 2 aliphatic heterocycles. The van der Waals surface area contributed by atoms with Crippen LogP contribution in [0.15, 0.2) is 52.5 Å². The number of allylic oxidation sites excluding steroid dienone is 1. The lowest BCUT2D eigenvalue weighted by Gasteiger charge is -2.14. The van der Waals surface area contributed by atoms with Crippen molar-refractivity contribution < 1.29 is 4.79 Å². The van der Waals surface area contributed by atoms with Gasteiger partial charge in [-0.15, -0.1) is 0 Å². The highest BCUT2D eigenvalue weighted by Crippen LogP contribution is 2.30. The van der Waals surface area contributed by atoms with E-state index in [-0.39, 0.29) is 5.91 Å². The average molecular weight is 262 g/mol. The van der Waals surface area contributed by atoms with E-state index in [2.05, 4.69) is 20.0 Å². The number of H-pyrrole nitrogens is 1. The number of hydrogen-bond acceptors (Lipinski definition) is 3. The van der Waals surface area contributed by atoms with Crippen molar-refractivity contribution in [3.8, 4) is 0 Å². The van der Waals surface area contributed by atoms with E-state index in [1.54, 1.807) is 12.5 Å². The smallest absolute Gasteiger partial charge is 0.280 e. The Morgan fingerprint density at radius 2 is 1.95 bits per heavy atom. The Kier molecular flexibility index (Phi) is 2.12. The fourth-order valence-corrected chi connectivity index (χ4v) is 2.62. The zero-order valence-electron chi connectivity index (χ0n) is 10.7. The van der Waals surface area contributed by atoms with Crippen LogP contribution in [0.2, 0.25) is 0 Å². The summed E-state index contributed by atoms with van der Waals surface area (Å²) in [6, 6.07) is 7.61. The number of hydrogen-bond donors (Lipinski definition) is 1. The van der Waals surface area contributed by atoms with Gasteiger partial charge in [-0.2, -0.15) is 0 Å². The topological polar surface area (TPSA) is 70.5 Å². The minimum Gasteiger partial charge on any atom is -0.351 e. The van der Waals surface area contributed by atoms with Crippen molar-refractivity contribution in [3.05, 3.63) is 58.8 Å². The summed E-state index contributed by atoms with van der Waals surface area (Å²) in [5.74, 6) is -0.231. The lowest BCUT2D eigenvalue weighted by atomic mass is 9.97. The molecule has 1 N–H and O–H groups in total. The van der Waals surface area contributed by atoms with Crippen LogP contribution in [0, 0.1) is 0 Å². The fourth-order valence-electron chi connectivity index (χ4n) is 2.62. The summed E-state index contributed by atoms with van der Waals surface area (Å²) in [4.78, 5) is 28.1. The first-order chi connectivity index (χ1) is 9.75. The number of rotatable bonds is 1. The summed E-state index contributed by atoms with van der Waals surface area (Å²) in [6.45, 7) is 1.81. The molecule has 3 heterocycles. The highest BCUT2D eigenvalue weighted by Gasteiger charge is 2.30. The maximum atomic E-state index is 12.2. The monoisotopic (exact) mass is 262 g/mol. The Balaban J connectivity index is 2.14. The number of fused-ring (bicyclic) bond motifs is 2. The van der Waals surface area contributed by atoms with Crippen molar-refractivity contribution in [1.29, 1.82) is 0 Å². The standard InChI is InChI=1S/C15H10N4O/c1-8-12(11-6-16-7-17-11)14-13(15(20)18-8)9-4-2-3-5-10(9)19-14/h2-7H,1H3,(H,16,17). The summed E-state index contributed by atoms with van der Waals surface area (Å²) in [7, 11) is 0. The molecule has 1 aromatic heterocycles. The minimum absolute atomic E-state index is 0.231. The molecule has 5 heteroatoms. The molecule has 0 bridgehead atoms. The van der Waals surface area contributed by atoms with E-state index in [1.165, 1.54) is 0 Å². The molecule has 2 aliphatic rings. The van der Waals surface area contributed by atoms with Gasteiger partial charge in [0.05, 0.1) is 34.4 Å². The van der Waals surface area contributed by atoms with E-state index in [4.69, 9.17) is 0 Å². The van der Waals surface area contributed by atoms with Gasteiger partial charge in [0.2, 0.25) is 0 Å². The zero-order valence-corrected chi connectivity index (χ0v) is 10.7. The van der Waals surface area contributed by atoms with E-state index in [9.17, 15) is 4.79 Å². The van der Waals surface area contributed by atoms with Crippen LogP contribution in [-0.4, -0.2) is 21.6 Å². The number of para-hydroxylation sites is 1. The number of aliphatic imine (C=N–C) groups is 1. The van der Waals surface area contributed by atoms with E-state index in [0.717, 1.165) is 21.8 Å². The molecule has 5 nitrogen and oxygen atoms in total. The van der Waals surface area contributed by atoms with Crippen molar-refractivity contribution in [2.45, 2.75) is 6.92 Å². The zero-order chi connectivity index (χ0) is 13.7. The maximum Gasteiger partial charge on any atom is 0.280 e. The molecule has 0 atom stereocenters. The Morgan fingerprint density at radius 3 is 2.75 bits per heavy atom. The van der Waals surface area contributed by atoms with Crippen LogP contribution in [0.5, 0.6) is 0 Å². The number of amides is 1. The molecule has 0 spiro atoms. The average Bonchev–Trinajstić information content (AvgIpc) is 3.05. The largest absolute Gasteiger partial charge is 0.351 e. The molecule has 20 heavy (non-hydrogen) atoms. The second kappa shape index (κ2) is 3.84. The molecule has 4 rings (SSSR count). The third-order valence-electron chi connectivity index (χ3n) is 3.48. The number of aromatic amines is 1. The van der Waals surface area contributed by atoms with Gasteiger partial charge in [0.1, 0.15) is 0 Å². The molecule has 0 fully saturated rings. The van der Waals surface area contributed by atoms with Gasteiger partial charge in [-0.05, 0) is 13.0 Å². The minimum atomic E-state index is -0.231. The van der Waals surface area contributed by atoms with Crippen molar-refractivity contribution in [2.24, 2.45) is 9.98 Å². The normalized spacial score (nSPS) is 16.8. The lowest BCUT2D eigenvalue weighted by Crippen LogP contribution is -2.25.